The summed E-state index contributed by atoms with van der Waals surface area (Å²) < 4.78 is 0. The predicted octanol–water partition coefficient (Wildman–Crippen LogP) is 4.75. The summed E-state index contributed by atoms with van der Waals surface area (Å²) in [6.45, 7) is 4.44. The van der Waals surface area contributed by atoms with Crippen LogP contribution in [0.3, 0.4) is 0 Å². The van der Waals surface area contributed by atoms with Gasteiger partial charge in [-0.15, -0.1) is 0 Å². The number of benzene rings is 1. The fourth-order valence-electron chi connectivity index (χ4n) is 3.09. The Morgan fingerprint density at radius 2 is 1.80 bits per heavy atom. The van der Waals surface area contributed by atoms with Crippen molar-refractivity contribution < 1.29 is 9.90 Å². The lowest BCUT2D eigenvalue weighted by Crippen LogP contribution is -2.16. The average Bonchev–Trinajstić information content (AvgIpc) is 2.43. The van der Waals surface area contributed by atoms with E-state index in [0.717, 1.165) is 24.7 Å². The number of carbonyl (C=O) groups excluding carboxylic acids is 1. The zero-order chi connectivity index (χ0) is 14.8. The molecule has 1 N–H and O–H groups in total. The van der Waals surface area contributed by atoms with Crippen LogP contribution in [0.1, 0.15) is 57.9 Å². The largest absolute Gasteiger partial charge is 0.508 e. The van der Waals surface area contributed by atoms with E-state index >= 15 is 0 Å². The Hall–Kier alpha value is -1.31. The first-order valence-corrected chi connectivity index (χ1v) is 7.92. The molecule has 1 aromatic rings. The van der Waals surface area contributed by atoms with Gasteiger partial charge in [-0.25, -0.2) is 0 Å². The van der Waals surface area contributed by atoms with Gasteiger partial charge in [-0.05, 0) is 42.4 Å². The maximum atomic E-state index is 11.0. The molecule has 0 bridgehead atoms. The minimum absolute atomic E-state index is 0.327. The molecule has 0 saturated carbocycles. The van der Waals surface area contributed by atoms with Crippen LogP contribution in [-0.2, 0) is 11.2 Å². The topological polar surface area (TPSA) is 37.3 Å². The van der Waals surface area contributed by atoms with Crippen LogP contribution < -0.4 is 0 Å². The number of hydrogen-bond acceptors (Lipinski definition) is 2. The highest BCUT2D eigenvalue weighted by Gasteiger charge is 2.19. The van der Waals surface area contributed by atoms with Crippen molar-refractivity contribution in [3.05, 3.63) is 29.8 Å². The van der Waals surface area contributed by atoms with Gasteiger partial charge < -0.3 is 9.90 Å². The van der Waals surface area contributed by atoms with E-state index in [1.807, 2.05) is 18.2 Å². The Kier molecular flexibility index (Phi) is 8.01. The van der Waals surface area contributed by atoms with Crippen LogP contribution in [0.4, 0.5) is 0 Å². The summed E-state index contributed by atoms with van der Waals surface area (Å²) in [7, 11) is 0. The molecule has 0 aliphatic rings. The summed E-state index contributed by atoms with van der Waals surface area (Å²) >= 11 is 0. The van der Waals surface area contributed by atoms with Gasteiger partial charge in [0, 0.05) is 6.42 Å². The fourth-order valence-corrected chi connectivity index (χ4v) is 3.09. The molecule has 0 aliphatic heterocycles. The molecule has 2 heteroatoms. The fraction of sp³-hybridized carbons (Fsp3) is 0.611. The predicted molar refractivity (Wildman–Crippen MR) is 83.9 cm³/mol. The molecule has 1 rings (SSSR count). The molecule has 20 heavy (non-hydrogen) atoms. The van der Waals surface area contributed by atoms with Crippen molar-refractivity contribution in [1.29, 1.82) is 0 Å². The summed E-state index contributed by atoms with van der Waals surface area (Å²) in [5.74, 6) is 1.47. The third-order valence-corrected chi connectivity index (χ3v) is 4.10. The summed E-state index contributed by atoms with van der Waals surface area (Å²) in [5, 5.41) is 9.50. The standard InChI is InChI=1S/C18H28O2/c1-3-6-16(7-4-2)17(12-13-19)11-10-15-8-5-9-18(20)14-15/h5,8-9,13-14,16-17,20H,3-4,6-7,10-12H2,1-2H3. The smallest absolute Gasteiger partial charge is 0.120 e. The van der Waals surface area contributed by atoms with Gasteiger partial charge in [0.05, 0.1) is 0 Å². The van der Waals surface area contributed by atoms with E-state index in [4.69, 9.17) is 0 Å². The highest BCUT2D eigenvalue weighted by atomic mass is 16.3. The van der Waals surface area contributed by atoms with Gasteiger partial charge in [0.25, 0.3) is 0 Å². The van der Waals surface area contributed by atoms with Gasteiger partial charge in [0.1, 0.15) is 12.0 Å². The number of hydrogen-bond donors (Lipinski definition) is 1. The Bertz CT molecular complexity index is 381. The molecule has 0 spiro atoms. The molecule has 0 aromatic heterocycles. The summed E-state index contributed by atoms with van der Waals surface area (Å²) in [5.41, 5.74) is 1.16. The number of aromatic hydroxyl groups is 1. The Balaban J connectivity index is 2.62. The lowest BCUT2D eigenvalue weighted by molar-refractivity contribution is -0.109. The van der Waals surface area contributed by atoms with E-state index in [2.05, 4.69) is 13.8 Å². The Morgan fingerprint density at radius 3 is 2.35 bits per heavy atom. The lowest BCUT2D eigenvalue weighted by atomic mass is 9.80. The number of phenols is 1. The van der Waals surface area contributed by atoms with Gasteiger partial charge in [0.2, 0.25) is 0 Å². The van der Waals surface area contributed by atoms with Crippen LogP contribution in [0.2, 0.25) is 0 Å². The highest BCUT2D eigenvalue weighted by Crippen LogP contribution is 2.29. The van der Waals surface area contributed by atoms with E-state index in [9.17, 15) is 9.90 Å². The normalized spacial score (nSPS) is 12.6. The number of carbonyl (C=O) groups is 1. The van der Waals surface area contributed by atoms with Gasteiger partial charge >= 0.3 is 0 Å². The maximum Gasteiger partial charge on any atom is 0.120 e. The molecule has 1 unspecified atom stereocenters. The zero-order valence-corrected chi connectivity index (χ0v) is 12.8. The second-order valence-electron chi connectivity index (χ2n) is 5.71. The van der Waals surface area contributed by atoms with E-state index in [-0.39, 0.29) is 0 Å². The number of phenolic OH excluding ortho intramolecular Hbond substituents is 1. The van der Waals surface area contributed by atoms with Crippen molar-refractivity contribution in [1.82, 2.24) is 0 Å². The first kappa shape index (κ1) is 16.7. The molecule has 1 aromatic carbocycles. The van der Waals surface area contributed by atoms with E-state index in [1.54, 1.807) is 6.07 Å². The summed E-state index contributed by atoms with van der Waals surface area (Å²) in [4.78, 5) is 11.0. The van der Waals surface area contributed by atoms with Gasteiger partial charge in [0.15, 0.2) is 0 Å². The highest BCUT2D eigenvalue weighted by molar-refractivity contribution is 5.49. The summed E-state index contributed by atoms with van der Waals surface area (Å²) in [6.07, 6.45) is 8.52. The van der Waals surface area contributed by atoms with Crippen LogP contribution >= 0.6 is 0 Å². The van der Waals surface area contributed by atoms with E-state index < -0.39 is 0 Å². The molecule has 112 valence electrons. The Labute approximate surface area is 123 Å². The number of aryl methyl sites for hydroxylation is 1. The van der Waals surface area contributed by atoms with Gasteiger partial charge in [-0.3, -0.25) is 0 Å². The zero-order valence-electron chi connectivity index (χ0n) is 12.8. The molecular formula is C18H28O2. The van der Waals surface area contributed by atoms with Crippen molar-refractivity contribution in [2.24, 2.45) is 11.8 Å². The third-order valence-electron chi connectivity index (χ3n) is 4.10. The average molecular weight is 276 g/mol. The van der Waals surface area contributed by atoms with Crippen molar-refractivity contribution in [2.75, 3.05) is 0 Å². The monoisotopic (exact) mass is 276 g/mol. The molecule has 0 saturated heterocycles. The SMILES string of the molecule is CCCC(CCC)C(CC=O)CCc1cccc(O)c1. The molecular weight excluding hydrogens is 248 g/mol. The lowest BCUT2D eigenvalue weighted by Gasteiger charge is -2.25. The molecule has 1 atom stereocenters. The van der Waals surface area contributed by atoms with Crippen LogP contribution in [0.25, 0.3) is 0 Å². The van der Waals surface area contributed by atoms with Crippen molar-refractivity contribution in [3.8, 4) is 5.75 Å². The summed E-state index contributed by atoms with van der Waals surface area (Å²) in [6, 6.07) is 7.46. The first-order valence-electron chi connectivity index (χ1n) is 7.92. The first-order chi connectivity index (χ1) is 9.71. The van der Waals surface area contributed by atoms with Gasteiger partial charge in [-0.1, -0.05) is 51.7 Å². The van der Waals surface area contributed by atoms with Crippen LogP contribution in [0, 0.1) is 11.8 Å². The van der Waals surface area contributed by atoms with E-state index in [0.29, 0.717) is 24.0 Å². The minimum Gasteiger partial charge on any atom is -0.508 e. The second-order valence-corrected chi connectivity index (χ2v) is 5.71. The second kappa shape index (κ2) is 9.57. The number of rotatable bonds is 10. The molecule has 0 amide bonds. The van der Waals surface area contributed by atoms with Crippen molar-refractivity contribution >= 4 is 6.29 Å². The third kappa shape index (κ3) is 5.77. The quantitative estimate of drug-likeness (QED) is 0.626. The van der Waals surface area contributed by atoms with Crippen molar-refractivity contribution in [3.63, 3.8) is 0 Å². The molecule has 2 nitrogen and oxygen atoms in total. The number of aldehydes is 1. The molecule has 0 aliphatic carbocycles. The maximum absolute atomic E-state index is 11.0. The Morgan fingerprint density at radius 1 is 1.10 bits per heavy atom. The molecule has 0 fully saturated rings. The van der Waals surface area contributed by atoms with Crippen LogP contribution in [-0.4, -0.2) is 11.4 Å². The molecule has 0 radical (unpaired) electrons. The van der Waals surface area contributed by atoms with Crippen molar-refractivity contribution in [2.45, 2.75) is 58.8 Å². The molecule has 0 heterocycles. The minimum atomic E-state index is 0.327. The van der Waals surface area contributed by atoms with Crippen LogP contribution in [0.5, 0.6) is 5.75 Å². The van der Waals surface area contributed by atoms with E-state index in [1.165, 1.54) is 25.7 Å². The van der Waals surface area contributed by atoms with Crippen LogP contribution in [0.15, 0.2) is 24.3 Å². The van der Waals surface area contributed by atoms with Gasteiger partial charge in [-0.2, -0.15) is 0 Å².